The Morgan fingerprint density at radius 3 is 2.30 bits per heavy atom. The van der Waals surface area contributed by atoms with Gasteiger partial charge in [-0.3, -0.25) is 9.59 Å². The average molecular weight is 379 g/mol. The van der Waals surface area contributed by atoms with E-state index in [1.54, 1.807) is 7.05 Å². The molecule has 0 saturated heterocycles. The molecule has 0 spiro atoms. The molecule has 0 bridgehead atoms. The standard InChI is InChI=1S/C19H20F3N3O2/c1-3-4-12-25(2)18(27)16-7-5-6-15(24-16)17(26)23-14-10-8-13(9-11-14)19(20,21)22/h5-11H,3-4,12H2,1-2H3,(H,23,26). The zero-order chi connectivity index (χ0) is 20.0. The molecule has 0 radical (unpaired) electrons. The molecular weight excluding hydrogens is 359 g/mol. The second-order valence-corrected chi connectivity index (χ2v) is 6.02. The van der Waals surface area contributed by atoms with Crippen LogP contribution in [0.2, 0.25) is 0 Å². The number of aromatic nitrogens is 1. The number of pyridine rings is 1. The molecule has 0 atom stereocenters. The summed E-state index contributed by atoms with van der Waals surface area (Å²) in [5.74, 6) is -0.909. The van der Waals surface area contributed by atoms with Crippen molar-refractivity contribution < 1.29 is 22.8 Å². The van der Waals surface area contributed by atoms with Crippen LogP contribution < -0.4 is 5.32 Å². The Morgan fingerprint density at radius 2 is 1.70 bits per heavy atom. The molecule has 0 fully saturated rings. The summed E-state index contributed by atoms with van der Waals surface area (Å²) < 4.78 is 37.7. The van der Waals surface area contributed by atoms with Crippen LogP contribution in [0.4, 0.5) is 18.9 Å². The largest absolute Gasteiger partial charge is 0.416 e. The molecule has 8 heteroatoms. The Morgan fingerprint density at radius 1 is 1.07 bits per heavy atom. The van der Waals surface area contributed by atoms with Crippen LogP contribution in [0.1, 0.15) is 46.3 Å². The fraction of sp³-hybridized carbons (Fsp3) is 0.316. The lowest BCUT2D eigenvalue weighted by atomic mass is 10.2. The molecule has 0 aliphatic rings. The van der Waals surface area contributed by atoms with Gasteiger partial charge >= 0.3 is 6.18 Å². The van der Waals surface area contributed by atoms with Gasteiger partial charge in [-0.15, -0.1) is 0 Å². The van der Waals surface area contributed by atoms with E-state index < -0.39 is 17.6 Å². The number of rotatable bonds is 6. The molecule has 5 nitrogen and oxygen atoms in total. The monoisotopic (exact) mass is 379 g/mol. The normalized spacial score (nSPS) is 11.1. The fourth-order valence-corrected chi connectivity index (χ4v) is 2.31. The number of benzene rings is 1. The molecule has 1 aromatic carbocycles. The van der Waals surface area contributed by atoms with E-state index in [2.05, 4.69) is 10.3 Å². The molecule has 1 heterocycles. The number of amides is 2. The summed E-state index contributed by atoms with van der Waals surface area (Å²) in [6.07, 6.45) is -2.64. The van der Waals surface area contributed by atoms with Gasteiger partial charge in [0.1, 0.15) is 11.4 Å². The number of hydrogen-bond donors (Lipinski definition) is 1. The summed E-state index contributed by atoms with van der Waals surface area (Å²) in [5.41, 5.74) is -0.466. The third kappa shape index (κ3) is 5.54. The predicted molar refractivity (Wildman–Crippen MR) is 95.5 cm³/mol. The van der Waals surface area contributed by atoms with Crippen LogP contribution in [0.25, 0.3) is 0 Å². The van der Waals surface area contributed by atoms with Crippen LogP contribution in [-0.4, -0.2) is 35.3 Å². The smallest absolute Gasteiger partial charge is 0.340 e. The highest BCUT2D eigenvalue weighted by Gasteiger charge is 2.30. The highest BCUT2D eigenvalue weighted by molar-refractivity contribution is 6.03. The van der Waals surface area contributed by atoms with Crippen LogP contribution in [-0.2, 0) is 6.18 Å². The van der Waals surface area contributed by atoms with Crippen molar-refractivity contribution >= 4 is 17.5 Å². The second-order valence-electron chi connectivity index (χ2n) is 6.02. The minimum Gasteiger partial charge on any atom is -0.340 e. The lowest BCUT2D eigenvalue weighted by molar-refractivity contribution is -0.137. The van der Waals surface area contributed by atoms with Crippen molar-refractivity contribution in [2.24, 2.45) is 0 Å². The van der Waals surface area contributed by atoms with Gasteiger partial charge in [0.15, 0.2) is 0 Å². The molecule has 2 aromatic rings. The molecular formula is C19H20F3N3O2. The third-order valence-corrected chi connectivity index (χ3v) is 3.86. The second kappa shape index (κ2) is 8.66. The molecule has 0 aliphatic carbocycles. The summed E-state index contributed by atoms with van der Waals surface area (Å²) in [7, 11) is 1.66. The van der Waals surface area contributed by atoms with Crippen LogP contribution in [0, 0.1) is 0 Å². The summed E-state index contributed by atoms with van der Waals surface area (Å²) >= 11 is 0. The van der Waals surface area contributed by atoms with Crippen molar-refractivity contribution in [1.29, 1.82) is 0 Å². The van der Waals surface area contributed by atoms with Crippen LogP contribution in [0.5, 0.6) is 0 Å². The summed E-state index contributed by atoms with van der Waals surface area (Å²) in [4.78, 5) is 30.2. The molecule has 1 N–H and O–H groups in total. The van der Waals surface area contributed by atoms with Crippen molar-refractivity contribution in [3.63, 3.8) is 0 Å². The lowest BCUT2D eigenvalue weighted by Gasteiger charge is -2.16. The predicted octanol–water partition coefficient (Wildman–Crippen LogP) is 4.22. The topological polar surface area (TPSA) is 62.3 Å². The van der Waals surface area contributed by atoms with E-state index in [1.807, 2.05) is 6.92 Å². The van der Waals surface area contributed by atoms with E-state index in [0.29, 0.717) is 6.54 Å². The molecule has 2 rings (SSSR count). The van der Waals surface area contributed by atoms with Crippen LogP contribution in [0.3, 0.4) is 0 Å². The maximum atomic E-state index is 12.6. The van der Waals surface area contributed by atoms with E-state index in [9.17, 15) is 22.8 Å². The van der Waals surface area contributed by atoms with Gasteiger partial charge in [-0.05, 0) is 42.8 Å². The van der Waals surface area contributed by atoms with E-state index >= 15 is 0 Å². The van der Waals surface area contributed by atoms with Gasteiger partial charge in [0, 0.05) is 19.3 Å². The number of carbonyl (C=O) groups excluding carboxylic acids is 2. The average Bonchev–Trinajstić information content (AvgIpc) is 2.65. The maximum absolute atomic E-state index is 12.6. The van der Waals surface area contributed by atoms with Gasteiger partial charge in [0.25, 0.3) is 11.8 Å². The van der Waals surface area contributed by atoms with E-state index in [-0.39, 0.29) is 23.0 Å². The van der Waals surface area contributed by atoms with Crippen molar-refractivity contribution in [2.75, 3.05) is 18.9 Å². The van der Waals surface area contributed by atoms with Gasteiger partial charge in [0.05, 0.1) is 5.56 Å². The van der Waals surface area contributed by atoms with Crippen molar-refractivity contribution in [3.05, 3.63) is 59.4 Å². The number of nitrogens with zero attached hydrogens (tertiary/aromatic N) is 2. The van der Waals surface area contributed by atoms with Crippen LogP contribution in [0.15, 0.2) is 42.5 Å². The molecule has 144 valence electrons. The van der Waals surface area contributed by atoms with E-state index in [1.165, 1.54) is 23.1 Å². The highest BCUT2D eigenvalue weighted by Crippen LogP contribution is 2.29. The van der Waals surface area contributed by atoms with Crippen molar-refractivity contribution in [1.82, 2.24) is 9.88 Å². The third-order valence-electron chi connectivity index (χ3n) is 3.86. The summed E-state index contributed by atoms with van der Waals surface area (Å²) in [6, 6.07) is 8.57. The minimum absolute atomic E-state index is 0.00430. The number of carbonyl (C=O) groups is 2. The number of unbranched alkanes of at least 4 members (excludes halogenated alkanes) is 1. The quantitative estimate of drug-likeness (QED) is 0.817. The maximum Gasteiger partial charge on any atom is 0.416 e. The summed E-state index contributed by atoms with van der Waals surface area (Å²) in [5, 5.41) is 2.47. The van der Waals surface area contributed by atoms with E-state index in [4.69, 9.17) is 0 Å². The lowest BCUT2D eigenvalue weighted by Crippen LogP contribution is -2.29. The number of nitrogens with one attached hydrogen (secondary N) is 1. The first-order valence-electron chi connectivity index (χ1n) is 8.43. The zero-order valence-corrected chi connectivity index (χ0v) is 15.0. The van der Waals surface area contributed by atoms with Gasteiger partial charge in [0.2, 0.25) is 0 Å². The Balaban J connectivity index is 2.10. The molecule has 0 saturated carbocycles. The number of halogens is 3. The van der Waals surface area contributed by atoms with E-state index in [0.717, 1.165) is 37.1 Å². The molecule has 0 aliphatic heterocycles. The molecule has 1 aromatic heterocycles. The Bertz CT molecular complexity index is 805. The number of alkyl halides is 3. The highest BCUT2D eigenvalue weighted by atomic mass is 19.4. The Labute approximate surface area is 155 Å². The Kier molecular flexibility index (Phi) is 6.55. The molecule has 2 amide bonds. The zero-order valence-electron chi connectivity index (χ0n) is 15.0. The number of hydrogen-bond acceptors (Lipinski definition) is 3. The van der Waals surface area contributed by atoms with Gasteiger partial charge < -0.3 is 10.2 Å². The first-order valence-corrected chi connectivity index (χ1v) is 8.43. The first-order chi connectivity index (χ1) is 12.7. The molecule has 0 unspecified atom stereocenters. The summed E-state index contributed by atoms with van der Waals surface area (Å²) in [6.45, 7) is 2.60. The van der Waals surface area contributed by atoms with Crippen LogP contribution >= 0.6 is 0 Å². The van der Waals surface area contributed by atoms with Gasteiger partial charge in [-0.2, -0.15) is 13.2 Å². The van der Waals surface area contributed by atoms with Crippen molar-refractivity contribution in [2.45, 2.75) is 25.9 Å². The SMILES string of the molecule is CCCCN(C)C(=O)c1cccc(C(=O)Nc2ccc(C(F)(F)F)cc2)n1. The molecule has 27 heavy (non-hydrogen) atoms. The van der Waals surface area contributed by atoms with Gasteiger partial charge in [-0.25, -0.2) is 4.98 Å². The fourth-order valence-electron chi connectivity index (χ4n) is 2.31. The van der Waals surface area contributed by atoms with Crippen molar-refractivity contribution in [3.8, 4) is 0 Å². The number of anilines is 1. The minimum atomic E-state index is -4.44. The Hall–Kier alpha value is -2.90. The first kappa shape index (κ1) is 20.4. The van der Waals surface area contributed by atoms with Gasteiger partial charge in [-0.1, -0.05) is 19.4 Å².